The van der Waals surface area contributed by atoms with Crippen LogP contribution in [-0.2, 0) is 30.3 Å². The van der Waals surface area contributed by atoms with Crippen LogP contribution in [0.3, 0.4) is 0 Å². The summed E-state index contributed by atoms with van der Waals surface area (Å²) >= 11 is 0. The minimum atomic E-state index is -1.40. The number of nitrogens with one attached hydrogen (secondary N) is 2. The molecule has 0 aromatic heterocycles. The quantitative estimate of drug-likeness (QED) is 0.397. The average Bonchev–Trinajstić information content (AvgIpc) is 2.77. The van der Waals surface area contributed by atoms with Gasteiger partial charge in [0.2, 0.25) is 17.7 Å². The lowest BCUT2D eigenvalue weighted by Gasteiger charge is -2.34. The number of carbonyl (C=O) groups is 5. The number of nitrogens with two attached hydrogens (primary N) is 1. The number of likely N-dealkylation sites (tertiary alicyclic amines) is 1. The third-order valence-corrected chi connectivity index (χ3v) is 5.47. The highest BCUT2D eigenvalue weighted by atomic mass is 16.6. The number of hydrogen-bond acceptors (Lipinski definition) is 6. The van der Waals surface area contributed by atoms with Crippen LogP contribution < -0.4 is 16.4 Å². The molecule has 5 N–H and O–H groups in total. The number of carboxylic acids is 1. The summed E-state index contributed by atoms with van der Waals surface area (Å²) in [5.41, 5.74) is 5.19. The van der Waals surface area contributed by atoms with E-state index in [0.29, 0.717) is 12.8 Å². The number of amides is 4. The van der Waals surface area contributed by atoms with Crippen molar-refractivity contribution in [2.75, 3.05) is 13.1 Å². The van der Waals surface area contributed by atoms with Gasteiger partial charge in [-0.05, 0) is 39.2 Å². The van der Waals surface area contributed by atoms with Crippen LogP contribution in [0.5, 0.6) is 0 Å². The van der Waals surface area contributed by atoms with Gasteiger partial charge in [0.1, 0.15) is 17.7 Å². The van der Waals surface area contributed by atoms with Gasteiger partial charge in [0.25, 0.3) is 0 Å². The highest BCUT2D eigenvalue weighted by molar-refractivity contribution is 5.89. The van der Waals surface area contributed by atoms with Crippen molar-refractivity contribution in [1.82, 2.24) is 15.5 Å². The summed E-state index contributed by atoms with van der Waals surface area (Å²) in [4.78, 5) is 62.1. The number of alkyl carbamates (subject to hydrolysis) is 1. The van der Waals surface area contributed by atoms with Crippen LogP contribution in [0.1, 0.15) is 45.6 Å². The van der Waals surface area contributed by atoms with E-state index in [2.05, 4.69) is 10.6 Å². The zero-order chi connectivity index (χ0) is 26.2. The number of carboxylic acid groups (broad SMARTS) is 1. The van der Waals surface area contributed by atoms with Gasteiger partial charge in [0.15, 0.2) is 0 Å². The van der Waals surface area contributed by atoms with Gasteiger partial charge in [-0.1, -0.05) is 30.3 Å². The van der Waals surface area contributed by atoms with Gasteiger partial charge in [-0.15, -0.1) is 0 Å². The van der Waals surface area contributed by atoms with E-state index >= 15 is 0 Å². The average molecular weight is 491 g/mol. The molecule has 0 bridgehead atoms. The highest BCUT2D eigenvalue weighted by Crippen LogP contribution is 2.20. The van der Waals surface area contributed by atoms with E-state index in [1.807, 2.05) is 30.3 Å². The molecule has 1 aliphatic heterocycles. The lowest BCUT2D eigenvalue weighted by atomic mass is 9.94. The maximum Gasteiger partial charge on any atom is 0.408 e. The first kappa shape index (κ1) is 27.6. The fourth-order valence-electron chi connectivity index (χ4n) is 3.77. The molecule has 0 aliphatic carbocycles. The van der Waals surface area contributed by atoms with Crippen LogP contribution in [0.25, 0.3) is 0 Å². The number of primary amides is 1. The summed E-state index contributed by atoms with van der Waals surface area (Å²) in [7, 11) is 0. The Hall–Kier alpha value is -3.63. The van der Waals surface area contributed by atoms with Gasteiger partial charge in [0, 0.05) is 25.4 Å². The topological polar surface area (TPSA) is 168 Å². The SMILES string of the molecule is CC(C)(C)OC(=O)NC(Cc1ccccc1)C(=O)N1CCC(C(=O)NC(CC(N)=O)C(=O)O)CC1. The predicted octanol–water partition coefficient (Wildman–Crippen LogP) is 0.806. The molecule has 4 amide bonds. The maximum atomic E-state index is 13.3. The van der Waals surface area contributed by atoms with Crippen molar-refractivity contribution in [2.45, 2.75) is 64.1 Å². The molecule has 0 radical (unpaired) electrons. The van der Waals surface area contributed by atoms with E-state index in [9.17, 15) is 29.1 Å². The summed E-state index contributed by atoms with van der Waals surface area (Å²) in [5, 5.41) is 14.2. The van der Waals surface area contributed by atoms with Crippen molar-refractivity contribution in [1.29, 1.82) is 0 Å². The fourth-order valence-corrected chi connectivity index (χ4v) is 3.77. The number of rotatable bonds is 9. The number of benzene rings is 1. The van der Waals surface area contributed by atoms with Crippen LogP contribution in [-0.4, -0.2) is 70.6 Å². The van der Waals surface area contributed by atoms with Gasteiger partial charge in [-0.25, -0.2) is 9.59 Å². The minimum Gasteiger partial charge on any atom is -0.480 e. The van der Waals surface area contributed by atoms with E-state index in [1.165, 1.54) is 0 Å². The molecule has 2 atom stereocenters. The first-order valence-electron chi connectivity index (χ1n) is 11.5. The Morgan fingerprint density at radius 3 is 2.17 bits per heavy atom. The Balaban J connectivity index is 2.02. The molecule has 1 aromatic carbocycles. The van der Waals surface area contributed by atoms with Gasteiger partial charge in [0.05, 0.1) is 6.42 Å². The molecule has 1 heterocycles. The first-order chi connectivity index (χ1) is 16.4. The summed E-state index contributed by atoms with van der Waals surface area (Å²) < 4.78 is 5.32. The Bertz CT molecular complexity index is 922. The maximum absolute atomic E-state index is 13.3. The molecule has 1 aliphatic rings. The van der Waals surface area contributed by atoms with Gasteiger partial charge in [-0.3, -0.25) is 14.4 Å². The molecule has 1 aromatic rings. The van der Waals surface area contributed by atoms with Crippen LogP contribution in [0, 0.1) is 5.92 Å². The van der Waals surface area contributed by atoms with Crippen LogP contribution in [0.2, 0.25) is 0 Å². The van der Waals surface area contributed by atoms with Crippen molar-refractivity contribution >= 4 is 29.8 Å². The normalized spacial score (nSPS) is 16.0. The molecule has 11 heteroatoms. The summed E-state index contributed by atoms with van der Waals surface area (Å²) in [6.45, 7) is 5.70. The number of aliphatic carboxylic acids is 1. The fraction of sp³-hybridized carbons (Fsp3) is 0.542. The number of carbonyl (C=O) groups excluding carboxylic acids is 4. The third-order valence-electron chi connectivity index (χ3n) is 5.47. The molecule has 1 fully saturated rings. The zero-order valence-electron chi connectivity index (χ0n) is 20.3. The van der Waals surface area contributed by atoms with Crippen molar-refractivity contribution in [3.63, 3.8) is 0 Å². The molecule has 0 saturated carbocycles. The van der Waals surface area contributed by atoms with Crippen LogP contribution in [0.15, 0.2) is 30.3 Å². The molecule has 1 saturated heterocycles. The van der Waals surface area contributed by atoms with Crippen LogP contribution in [0.4, 0.5) is 4.79 Å². The van der Waals surface area contributed by atoms with Crippen molar-refractivity contribution in [2.24, 2.45) is 11.7 Å². The largest absolute Gasteiger partial charge is 0.480 e. The van der Waals surface area contributed by atoms with Crippen molar-refractivity contribution in [3.8, 4) is 0 Å². The van der Waals surface area contributed by atoms with Crippen molar-refractivity contribution in [3.05, 3.63) is 35.9 Å². The Morgan fingerprint density at radius 2 is 1.66 bits per heavy atom. The smallest absolute Gasteiger partial charge is 0.408 e. The van der Waals surface area contributed by atoms with E-state index in [0.717, 1.165) is 5.56 Å². The number of piperidine rings is 1. The molecule has 2 unspecified atom stereocenters. The monoisotopic (exact) mass is 490 g/mol. The second-order valence-electron chi connectivity index (χ2n) is 9.56. The third kappa shape index (κ3) is 9.26. The van der Waals surface area contributed by atoms with E-state index in [1.54, 1.807) is 25.7 Å². The second kappa shape index (κ2) is 12.2. The lowest BCUT2D eigenvalue weighted by molar-refractivity contribution is -0.144. The molecule has 2 rings (SSSR count). The standard InChI is InChI=1S/C24H34N4O7/c1-24(2,3)35-23(34)27-17(13-15-7-5-4-6-8-15)21(31)28-11-9-16(10-12-28)20(30)26-18(22(32)33)14-19(25)29/h4-8,16-18H,9-14H2,1-3H3,(H2,25,29)(H,26,30)(H,27,34)(H,32,33). The van der Waals surface area contributed by atoms with E-state index in [-0.39, 0.29) is 25.4 Å². The van der Waals surface area contributed by atoms with Crippen LogP contribution >= 0.6 is 0 Å². The number of nitrogens with zero attached hydrogens (tertiary/aromatic N) is 1. The van der Waals surface area contributed by atoms with Gasteiger partial charge < -0.3 is 31.1 Å². The summed E-state index contributed by atoms with van der Waals surface area (Å²) in [5.74, 6) is -3.49. The number of hydrogen-bond donors (Lipinski definition) is 4. The van der Waals surface area contributed by atoms with E-state index in [4.69, 9.17) is 10.5 Å². The zero-order valence-corrected chi connectivity index (χ0v) is 20.3. The molecule has 192 valence electrons. The lowest BCUT2D eigenvalue weighted by Crippen LogP contribution is -2.53. The predicted molar refractivity (Wildman–Crippen MR) is 126 cm³/mol. The van der Waals surface area contributed by atoms with Gasteiger partial charge >= 0.3 is 12.1 Å². The van der Waals surface area contributed by atoms with Crippen molar-refractivity contribution < 1.29 is 33.8 Å². The Morgan fingerprint density at radius 1 is 1.06 bits per heavy atom. The minimum absolute atomic E-state index is 0.256. The molecule has 0 spiro atoms. The second-order valence-corrected chi connectivity index (χ2v) is 9.56. The molecular weight excluding hydrogens is 456 g/mol. The van der Waals surface area contributed by atoms with Gasteiger partial charge in [-0.2, -0.15) is 0 Å². The summed E-state index contributed by atoms with van der Waals surface area (Å²) in [6, 6.07) is 7.01. The summed E-state index contributed by atoms with van der Waals surface area (Å²) in [6.07, 6.45) is -0.311. The van der Waals surface area contributed by atoms with E-state index < -0.39 is 53.9 Å². The Labute approximate surface area is 204 Å². The molecular formula is C24H34N4O7. The molecule has 11 nitrogen and oxygen atoms in total. The first-order valence-corrected chi connectivity index (χ1v) is 11.5. The molecule has 35 heavy (non-hydrogen) atoms. The Kier molecular flexibility index (Phi) is 9.61. The number of ether oxygens (including phenoxy) is 1. The highest BCUT2D eigenvalue weighted by Gasteiger charge is 2.34.